The molecule has 0 spiro atoms. The molecule has 1 aliphatic rings. The van der Waals surface area contributed by atoms with Crippen molar-refractivity contribution in [2.75, 3.05) is 0 Å². The summed E-state index contributed by atoms with van der Waals surface area (Å²) in [6.07, 6.45) is 3.26. The highest BCUT2D eigenvalue weighted by Gasteiger charge is 2.38. The molecule has 0 N–H and O–H groups in total. The summed E-state index contributed by atoms with van der Waals surface area (Å²) < 4.78 is 0. The maximum absolute atomic E-state index is 13.2. The maximum atomic E-state index is 13.2. The van der Waals surface area contributed by atoms with Crippen LogP contribution in [-0.4, -0.2) is 23.1 Å². The van der Waals surface area contributed by atoms with Gasteiger partial charge in [0.1, 0.15) is 6.29 Å². The minimum atomic E-state index is -0.404. The van der Waals surface area contributed by atoms with Crippen LogP contribution in [0.25, 0.3) is 0 Å². The first-order valence-corrected chi connectivity index (χ1v) is 9.50. The van der Waals surface area contributed by atoms with Gasteiger partial charge in [0.25, 0.3) is 5.91 Å². The number of carbonyl (C=O) groups is 2. The van der Waals surface area contributed by atoms with Gasteiger partial charge in [-0.25, -0.2) is 0 Å². The van der Waals surface area contributed by atoms with Gasteiger partial charge in [0.2, 0.25) is 0 Å². The molecular weight excluding hydrogens is 346 g/mol. The van der Waals surface area contributed by atoms with Crippen molar-refractivity contribution in [3.8, 4) is 0 Å². The van der Waals surface area contributed by atoms with Crippen LogP contribution in [0.1, 0.15) is 54.2 Å². The number of amides is 1. The first-order chi connectivity index (χ1) is 12.5. The molecule has 0 aliphatic carbocycles. The van der Waals surface area contributed by atoms with Crippen LogP contribution in [0.15, 0.2) is 48.5 Å². The second kappa shape index (κ2) is 8.05. The van der Waals surface area contributed by atoms with Crippen molar-refractivity contribution in [2.45, 2.75) is 45.2 Å². The van der Waals surface area contributed by atoms with E-state index in [0.29, 0.717) is 22.9 Å². The number of rotatable bonds is 5. The van der Waals surface area contributed by atoms with E-state index in [1.54, 1.807) is 4.90 Å². The molecule has 1 heterocycles. The van der Waals surface area contributed by atoms with Gasteiger partial charge < -0.3 is 9.69 Å². The van der Waals surface area contributed by atoms with E-state index >= 15 is 0 Å². The Morgan fingerprint density at radius 2 is 1.85 bits per heavy atom. The standard InChI is InChI=1S/C22H24ClNO2/c1-15(2)13-16-7-9-17(10-8-16)22(26)24-18(14-25)11-12-21(24)19-5-3-4-6-20(19)23/h3-10,14-15,18,21H,11-13H2,1-2H3/t18-,21+/m0/s1. The summed E-state index contributed by atoms with van der Waals surface area (Å²) in [4.78, 5) is 26.4. The molecule has 3 rings (SSSR count). The van der Waals surface area contributed by atoms with Crippen molar-refractivity contribution in [3.05, 3.63) is 70.2 Å². The van der Waals surface area contributed by atoms with E-state index in [9.17, 15) is 9.59 Å². The molecule has 1 fully saturated rings. The van der Waals surface area contributed by atoms with Crippen molar-refractivity contribution in [3.63, 3.8) is 0 Å². The Balaban J connectivity index is 1.89. The van der Waals surface area contributed by atoms with Gasteiger partial charge in [0.15, 0.2) is 0 Å². The highest BCUT2D eigenvalue weighted by Crippen LogP contribution is 2.39. The van der Waals surface area contributed by atoms with Gasteiger partial charge >= 0.3 is 0 Å². The van der Waals surface area contributed by atoms with Crippen LogP contribution in [0.2, 0.25) is 5.02 Å². The van der Waals surface area contributed by atoms with Crippen LogP contribution < -0.4 is 0 Å². The SMILES string of the molecule is CC(C)Cc1ccc(C(=O)N2[C@H](C=O)CC[C@@H]2c2ccccc2Cl)cc1. The molecule has 2 atom stereocenters. The van der Waals surface area contributed by atoms with Crippen LogP contribution in [0.5, 0.6) is 0 Å². The number of hydrogen-bond acceptors (Lipinski definition) is 2. The third-order valence-corrected chi connectivity index (χ3v) is 5.27. The number of hydrogen-bond donors (Lipinski definition) is 0. The second-order valence-electron chi connectivity index (χ2n) is 7.33. The van der Waals surface area contributed by atoms with Crippen LogP contribution in [0, 0.1) is 5.92 Å². The molecule has 1 aliphatic heterocycles. The molecule has 1 amide bonds. The van der Waals surface area contributed by atoms with E-state index in [1.165, 1.54) is 5.56 Å². The lowest BCUT2D eigenvalue weighted by molar-refractivity contribution is -0.111. The quantitative estimate of drug-likeness (QED) is 0.689. The van der Waals surface area contributed by atoms with E-state index in [2.05, 4.69) is 13.8 Å². The lowest BCUT2D eigenvalue weighted by Crippen LogP contribution is -2.38. The molecule has 2 aromatic carbocycles. The Morgan fingerprint density at radius 1 is 1.15 bits per heavy atom. The predicted octanol–water partition coefficient (Wildman–Crippen LogP) is 5.08. The zero-order valence-electron chi connectivity index (χ0n) is 15.2. The van der Waals surface area contributed by atoms with E-state index in [-0.39, 0.29) is 11.9 Å². The number of aldehydes is 1. The zero-order chi connectivity index (χ0) is 18.7. The molecule has 0 radical (unpaired) electrons. The van der Waals surface area contributed by atoms with Gasteiger partial charge in [-0.15, -0.1) is 0 Å². The molecule has 0 unspecified atom stereocenters. The monoisotopic (exact) mass is 369 g/mol. The van der Waals surface area contributed by atoms with Crippen LogP contribution in [-0.2, 0) is 11.2 Å². The number of likely N-dealkylation sites (tertiary alicyclic amines) is 1. The summed E-state index contributed by atoms with van der Waals surface area (Å²) in [5, 5.41) is 0.633. The molecule has 26 heavy (non-hydrogen) atoms. The maximum Gasteiger partial charge on any atom is 0.254 e. The van der Waals surface area contributed by atoms with Crippen molar-refractivity contribution >= 4 is 23.8 Å². The Kier molecular flexibility index (Phi) is 5.77. The number of benzene rings is 2. The summed E-state index contributed by atoms with van der Waals surface area (Å²) in [5.41, 5.74) is 2.74. The lowest BCUT2D eigenvalue weighted by Gasteiger charge is -2.29. The van der Waals surface area contributed by atoms with Crippen LogP contribution in [0.4, 0.5) is 0 Å². The zero-order valence-corrected chi connectivity index (χ0v) is 15.9. The molecule has 3 nitrogen and oxygen atoms in total. The molecular formula is C22H24ClNO2. The predicted molar refractivity (Wildman–Crippen MR) is 104 cm³/mol. The van der Waals surface area contributed by atoms with Crippen LogP contribution in [0.3, 0.4) is 0 Å². The Bertz CT molecular complexity index is 785. The first-order valence-electron chi connectivity index (χ1n) is 9.12. The fourth-order valence-electron chi connectivity index (χ4n) is 3.72. The van der Waals surface area contributed by atoms with Gasteiger partial charge in [-0.05, 0) is 54.5 Å². The van der Waals surface area contributed by atoms with Gasteiger partial charge in [0.05, 0.1) is 12.1 Å². The van der Waals surface area contributed by atoms with E-state index in [0.717, 1.165) is 24.7 Å². The highest BCUT2D eigenvalue weighted by atomic mass is 35.5. The van der Waals surface area contributed by atoms with Crippen molar-refractivity contribution < 1.29 is 9.59 Å². The van der Waals surface area contributed by atoms with Gasteiger partial charge in [-0.2, -0.15) is 0 Å². The Hall–Kier alpha value is -2.13. The highest BCUT2D eigenvalue weighted by molar-refractivity contribution is 6.31. The third-order valence-electron chi connectivity index (χ3n) is 4.93. The summed E-state index contributed by atoms with van der Waals surface area (Å²) in [7, 11) is 0. The third kappa shape index (κ3) is 3.83. The number of carbonyl (C=O) groups excluding carboxylic acids is 2. The van der Waals surface area contributed by atoms with Gasteiger partial charge in [0, 0.05) is 10.6 Å². The molecule has 2 aromatic rings. The van der Waals surface area contributed by atoms with Crippen molar-refractivity contribution in [2.24, 2.45) is 5.92 Å². The summed E-state index contributed by atoms with van der Waals surface area (Å²) in [6.45, 7) is 4.35. The molecule has 4 heteroatoms. The smallest absolute Gasteiger partial charge is 0.254 e. The normalized spacial score (nSPS) is 19.8. The molecule has 0 saturated carbocycles. The number of nitrogens with zero attached hydrogens (tertiary/aromatic N) is 1. The van der Waals surface area contributed by atoms with E-state index in [1.807, 2.05) is 48.5 Å². The lowest BCUT2D eigenvalue weighted by atomic mass is 10.0. The van der Waals surface area contributed by atoms with Crippen molar-refractivity contribution in [1.29, 1.82) is 0 Å². The van der Waals surface area contributed by atoms with E-state index < -0.39 is 6.04 Å². The minimum Gasteiger partial charge on any atom is -0.322 e. The van der Waals surface area contributed by atoms with E-state index in [4.69, 9.17) is 11.6 Å². The van der Waals surface area contributed by atoms with Gasteiger partial charge in [-0.1, -0.05) is 55.8 Å². The second-order valence-corrected chi connectivity index (χ2v) is 7.73. The molecule has 0 bridgehead atoms. The first kappa shape index (κ1) is 18.7. The molecule has 136 valence electrons. The summed E-state index contributed by atoms with van der Waals surface area (Å²) in [5.74, 6) is 0.458. The van der Waals surface area contributed by atoms with Crippen molar-refractivity contribution in [1.82, 2.24) is 4.90 Å². The fourth-order valence-corrected chi connectivity index (χ4v) is 3.98. The Labute approximate surface area is 160 Å². The summed E-state index contributed by atoms with van der Waals surface area (Å²) in [6, 6.07) is 14.7. The fraction of sp³-hybridized carbons (Fsp3) is 0.364. The topological polar surface area (TPSA) is 37.4 Å². The molecule has 0 aromatic heterocycles. The minimum absolute atomic E-state index is 0.111. The molecule has 1 saturated heterocycles. The largest absolute Gasteiger partial charge is 0.322 e. The number of halogens is 1. The average Bonchev–Trinajstić information content (AvgIpc) is 3.05. The van der Waals surface area contributed by atoms with Gasteiger partial charge in [-0.3, -0.25) is 4.79 Å². The summed E-state index contributed by atoms with van der Waals surface area (Å²) >= 11 is 6.35. The Morgan fingerprint density at radius 3 is 2.46 bits per heavy atom. The average molecular weight is 370 g/mol. The van der Waals surface area contributed by atoms with Crippen LogP contribution >= 0.6 is 11.6 Å².